The van der Waals surface area contributed by atoms with Crippen LogP contribution in [-0.2, 0) is 15.0 Å². The van der Waals surface area contributed by atoms with Crippen LogP contribution in [0, 0.1) is 6.92 Å². The molecule has 1 atom stereocenters. The summed E-state index contributed by atoms with van der Waals surface area (Å²) in [5.74, 6) is -0.874. The molecule has 21 heavy (non-hydrogen) atoms. The lowest BCUT2D eigenvalue weighted by molar-refractivity contribution is -0.141. The van der Waals surface area contributed by atoms with E-state index in [1.165, 1.54) is 6.92 Å². The molecule has 2 N–H and O–H groups in total. The summed E-state index contributed by atoms with van der Waals surface area (Å²) in [6, 6.07) is 4.94. The lowest BCUT2D eigenvalue weighted by Crippen LogP contribution is -2.40. The van der Waals surface area contributed by atoms with E-state index >= 15 is 0 Å². The molecule has 116 valence electrons. The number of amides is 1. The molecule has 1 aromatic carbocycles. The number of carbonyl (C=O) groups excluding carboxylic acids is 1. The number of benzene rings is 1. The molecular weight excluding hydrogens is 270 g/mol. The van der Waals surface area contributed by atoms with E-state index in [1.807, 2.05) is 25.1 Å². The van der Waals surface area contributed by atoms with E-state index in [1.54, 1.807) is 0 Å². The van der Waals surface area contributed by atoms with Crippen molar-refractivity contribution in [2.75, 3.05) is 6.61 Å². The van der Waals surface area contributed by atoms with Crippen LogP contribution in [0.1, 0.15) is 38.8 Å². The zero-order chi connectivity index (χ0) is 16.2. The second-order valence-electron chi connectivity index (χ2n) is 6.17. The van der Waals surface area contributed by atoms with Gasteiger partial charge in [0.1, 0.15) is 11.8 Å². The number of nitrogens with one attached hydrogen (secondary N) is 1. The lowest BCUT2D eigenvalue weighted by atomic mass is 9.86. The number of ether oxygens (including phenoxy) is 1. The van der Waals surface area contributed by atoms with Crippen LogP contribution in [-0.4, -0.2) is 29.6 Å². The molecule has 5 heteroatoms. The number of carboxylic acids is 1. The number of carboxylic acid groups (broad SMARTS) is 1. The predicted molar refractivity (Wildman–Crippen MR) is 80.6 cm³/mol. The Hall–Kier alpha value is -2.04. The van der Waals surface area contributed by atoms with Gasteiger partial charge >= 0.3 is 5.97 Å². The van der Waals surface area contributed by atoms with Crippen molar-refractivity contribution in [1.29, 1.82) is 0 Å². The first-order chi connectivity index (χ1) is 9.61. The van der Waals surface area contributed by atoms with Crippen molar-refractivity contribution < 1.29 is 19.4 Å². The van der Waals surface area contributed by atoms with Crippen molar-refractivity contribution in [3.05, 3.63) is 29.3 Å². The van der Waals surface area contributed by atoms with E-state index in [-0.39, 0.29) is 12.0 Å². The maximum absolute atomic E-state index is 11.7. The number of aryl methyl sites for hydroxylation is 1. The summed E-state index contributed by atoms with van der Waals surface area (Å²) in [6.07, 6.45) is 0. The topological polar surface area (TPSA) is 75.6 Å². The Morgan fingerprint density at radius 3 is 2.48 bits per heavy atom. The van der Waals surface area contributed by atoms with E-state index in [2.05, 4.69) is 26.1 Å². The van der Waals surface area contributed by atoms with Crippen LogP contribution in [0.3, 0.4) is 0 Å². The summed E-state index contributed by atoms with van der Waals surface area (Å²) in [4.78, 5) is 22.4. The van der Waals surface area contributed by atoms with E-state index in [4.69, 9.17) is 9.84 Å². The minimum absolute atomic E-state index is 0.103. The molecule has 0 aliphatic rings. The largest absolute Gasteiger partial charge is 0.483 e. The number of hydrogen-bond donors (Lipinski definition) is 2. The second kappa shape index (κ2) is 6.61. The minimum Gasteiger partial charge on any atom is -0.483 e. The highest BCUT2D eigenvalue weighted by Gasteiger charge is 2.20. The Kier molecular flexibility index (Phi) is 5.35. The molecule has 0 unspecified atom stereocenters. The van der Waals surface area contributed by atoms with Gasteiger partial charge in [-0.3, -0.25) is 9.59 Å². The Balaban J connectivity index is 2.77. The SMILES string of the molecule is Cc1ccc(C(C)(C)C)c(OCC(=O)N[C@@H](C)C(=O)O)c1. The van der Waals surface area contributed by atoms with Gasteiger partial charge in [0.2, 0.25) is 0 Å². The first-order valence-electron chi connectivity index (χ1n) is 6.87. The fraction of sp³-hybridized carbons (Fsp3) is 0.500. The minimum atomic E-state index is -1.07. The molecular formula is C16H23NO4. The highest BCUT2D eigenvalue weighted by Crippen LogP contribution is 2.31. The summed E-state index contributed by atoms with van der Waals surface area (Å²) in [6.45, 7) is 9.36. The maximum atomic E-state index is 11.7. The Bertz CT molecular complexity index is 532. The van der Waals surface area contributed by atoms with Gasteiger partial charge in [0, 0.05) is 0 Å². The van der Waals surface area contributed by atoms with Crippen molar-refractivity contribution in [3.63, 3.8) is 0 Å². The van der Waals surface area contributed by atoms with Crippen molar-refractivity contribution in [1.82, 2.24) is 5.32 Å². The Morgan fingerprint density at radius 1 is 1.33 bits per heavy atom. The molecule has 0 radical (unpaired) electrons. The van der Waals surface area contributed by atoms with Crippen LogP contribution < -0.4 is 10.1 Å². The van der Waals surface area contributed by atoms with Gasteiger partial charge in [-0.25, -0.2) is 0 Å². The molecule has 1 aromatic rings. The van der Waals surface area contributed by atoms with Gasteiger partial charge in [0.15, 0.2) is 6.61 Å². The van der Waals surface area contributed by atoms with Gasteiger partial charge in [-0.15, -0.1) is 0 Å². The molecule has 0 heterocycles. The molecule has 0 aliphatic heterocycles. The average Bonchev–Trinajstić information content (AvgIpc) is 2.34. The van der Waals surface area contributed by atoms with Crippen molar-refractivity contribution in [2.45, 2.75) is 46.1 Å². The first-order valence-corrected chi connectivity index (χ1v) is 6.87. The number of rotatable bonds is 5. The van der Waals surface area contributed by atoms with Gasteiger partial charge in [0.25, 0.3) is 5.91 Å². The lowest BCUT2D eigenvalue weighted by Gasteiger charge is -2.23. The van der Waals surface area contributed by atoms with E-state index < -0.39 is 17.9 Å². The summed E-state index contributed by atoms with van der Waals surface area (Å²) in [5.41, 5.74) is 1.94. The Labute approximate surface area is 125 Å². The molecule has 1 amide bonds. The summed E-state index contributed by atoms with van der Waals surface area (Å²) >= 11 is 0. The quantitative estimate of drug-likeness (QED) is 0.873. The third-order valence-electron chi connectivity index (χ3n) is 3.05. The van der Waals surface area contributed by atoms with Crippen LogP contribution in [0.2, 0.25) is 0 Å². The monoisotopic (exact) mass is 293 g/mol. The third-order valence-corrected chi connectivity index (χ3v) is 3.05. The van der Waals surface area contributed by atoms with E-state index in [9.17, 15) is 9.59 Å². The smallest absolute Gasteiger partial charge is 0.325 e. The van der Waals surface area contributed by atoms with Crippen molar-refractivity contribution in [2.24, 2.45) is 0 Å². The summed E-state index contributed by atoms with van der Waals surface area (Å²) in [5, 5.41) is 11.1. The maximum Gasteiger partial charge on any atom is 0.325 e. The fourth-order valence-corrected chi connectivity index (χ4v) is 1.86. The standard InChI is InChI=1S/C16H23NO4/c1-10-6-7-12(16(3,4)5)13(8-10)21-9-14(18)17-11(2)15(19)20/h6-8,11H,9H2,1-5H3,(H,17,18)(H,19,20)/t11-/m0/s1. The normalized spacial score (nSPS) is 12.6. The van der Waals surface area contributed by atoms with Crippen LogP contribution in [0.15, 0.2) is 18.2 Å². The van der Waals surface area contributed by atoms with Crippen molar-refractivity contribution in [3.8, 4) is 5.75 Å². The van der Waals surface area contributed by atoms with Gasteiger partial charge in [-0.2, -0.15) is 0 Å². The van der Waals surface area contributed by atoms with Gasteiger partial charge in [-0.1, -0.05) is 32.9 Å². The number of carbonyl (C=O) groups is 2. The average molecular weight is 293 g/mol. The van der Waals surface area contributed by atoms with Gasteiger partial charge in [-0.05, 0) is 36.5 Å². The first kappa shape index (κ1) is 17.0. The molecule has 0 fully saturated rings. The van der Waals surface area contributed by atoms with E-state index in [0.29, 0.717) is 5.75 Å². The zero-order valence-electron chi connectivity index (χ0n) is 13.2. The molecule has 1 rings (SSSR count). The van der Waals surface area contributed by atoms with Gasteiger partial charge < -0.3 is 15.2 Å². The number of hydrogen-bond acceptors (Lipinski definition) is 3. The summed E-state index contributed by atoms with van der Waals surface area (Å²) < 4.78 is 5.58. The zero-order valence-corrected chi connectivity index (χ0v) is 13.2. The highest BCUT2D eigenvalue weighted by molar-refractivity contribution is 5.84. The molecule has 0 bridgehead atoms. The van der Waals surface area contributed by atoms with Crippen molar-refractivity contribution >= 4 is 11.9 Å². The van der Waals surface area contributed by atoms with Crippen LogP contribution in [0.4, 0.5) is 0 Å². The fourth-order valence-electron chi connectivity index (χ4n) is 1.86. The Morgan fingerprint density at radius 2 is 1.95 bits per heavy atom. The molecule has 0 aliphatic carbocycles. The van der Waals surface area contributed by atoms with E-state index in [0.717, 1.165) is 11.1 Å². The summed E-state index contributed by atoms with van der Waals surface area (Å²) in [7, 11) is 0. The van der Waals surface area contributed by atoms with Crippen LogP contribution in [0.5, 0.6) is 5.75 Å². The second-order valence-corrected chi connectivity index (χ2v) is 6.17. The predicted octanol–water partition coefficient (Wildman–Crippen LogP) is 2.26. The van der Waals surface area contributed by atoms with Crippen LogP contribution in [0.25, 0.3) is 0 Å². The molecule has 0 saturated heterocycles. The molecule has 5 nitrogen and oxygen atoms in total. The van der Waals surface area contributed by atoms with Crippen LogP contribution >= 0.6 is 0 Å². The highest BCUT2D eigenvalue weighted by atomic mass is 16.5. The number of aliphatic carboxylic acids is 1. The molecule has 0 aromatic heterocycles. The molecule has 0 spiro atoms. The molecule has 0 saturated carbocycles. The van der Waals surface area contributed by atoms with Gasteiger partial charge in [0.05, 0.1) is 0 Å². The third kappa shape index (κ3) is 5.10.